The highest BCUT2D eigenvalue weighted by Gasteiger charge is 2.27. The van der Waals surface area contributed by atoms with Crippen LogP contribution in [0.3, 0.4) is 0 Å². The summed E-state index contributed by atoms with van der Waals surface area (Å²) in [5.74, 6) is 0.352. The second kappa shape index (κ2) is 6.08. The Morgan fingerprint density at radius 3 is 2.87 bits per heavy atom. The maximum atomic E-state index is 12.6. The molecule has 2 aromatic heterocycles. The fourth-order valence-electron chi connectivity index (χ4n) is 3.08. The van der Waals surface area contributed by atoms with Crippen LogP contribution in [0.2, 0.25) is 0 Å². The summed E-state index contributed by atoms with van der Waals surface area (Å²) in [5.41, 5.74) is 1.58. The van der Waals surface area contributed by atoms with E-state index in [2.05, 4.69) is 17.1 Å². The van der Waals surface area contributed by atoms with E-state index >= 15 is 0 Å². The summed E-state index contributed by atoms with van der Waals surface area (Å²) in [7, 11) is 0. The van der Waals surface area contributed by atoms with E-state index in [1.807, 2.05) is 29.2 Å². The van der Waals surface area contributed by atoms with Crippen LogP contribution in [0.25, 0.3) is 10.2 Å². The predicted octanol–water partition coefficient (Wildman–Crippen LogP) is 3.71. The van der Waals surface area contributed by atoms with Gasteiger partial charge < -0.3 is 4.90 Å². The standard InChI is InChI=1S/C18H17N3OS/c22-18(15-8-3-4-10-19-15)21-11-5-6-13(12-21)17-20-14-7-1-2-9-16(14)23-17/h1-4,7-10,13H,5-6,11-12H2/t13-/m1/s1. The van der Waals surface area contributed by atoms with Gasteiger partial charge in [-0.3, -0.25) is 9.78 Å². The number of aromatic nitrogens is 2. The molecule has 1 fully saturated rings. The number of piperidine rings is 1. The Labute approximate surface area is 138 Å². The number of hydrogen-bond donors (Lipinski definition) is 0. The molecule has 0 saturated carbocycles. The zero-order chi connectivity index (χ0) is 15.6. The molecule has 3 heterocycles. The van der Waals surface area contributed by atoms with Crippen molar-refractivity contribution in [2.75, 3.05) is 13.1 Å². The van der Waals surface area contributed by atoms with E-state index < -0.39 is 0 Å². The Kier molecular flexibility index (Phi) is 3.79. The maximum Gasteiger partial charge on any atom is 0.272 e. The van der Waals surface area contributed by atoms with Gasteiger partial charge in [0.05, 0.1) is 15.2 Å². The van der Waals surface area contributed by atoms with Gasteiger partial charge in [0.15, 0.2) is 0 Å². The van der Waals surface area contributed by atoms with Crippen molar-refractivity contribution in [1.82, 2.24) is 14.9 Å². The monoisotopic (exact) mass is 323 g/mol. The fraction of sp³-hybridized carbons (Fsp3) is 0.278. The molecule has 116 valence electrons. The number of amides is 1. The summed E-state index contributed by atoms with van der Waals surface area (Å²) in [4.78, 5) is 23.5. The lowest BCUT2D eigenvalue weighted by atomic mass is 9.98. The molecule has 23 heavy (non-hydrogen) atoms. The number of carbonyl (C=O) groups excluding carboxylic acids is 1. The van der Waals surface area contributed by atoms with Crippen LogP contribution >= 0.6 is 11.3 Å². The largest absolute Gasteiger partial charge is 0.337 e. The Bertz CT molecular complexity index is 797. The highest BCUT2D eigenvalue weighted by Crippen LogP contribution is 2.33. The lowest BCUT2D eigenvalue weighted by Crippen LogP contribution is -2.39. The summed E-state index contributed by atoms with van der Waals surface area (Å²) in [6.45, 7) is 1.53. The zero-order valence-electron chi connectivity index (χ0n) is 12.7. The Morgan fingerprint density at radius 1 is 1.17 bits per heavy atom. The molecule has 0 N–H and O–H groups in total. The predicted molar refractivity (Wildman–Crippen MR) is 91.7 cm³/mol. The van der Waals surface area contributed by atoms with Crippen molar-refractivity contribution in [2.24, 2.45) is 0 Å². The number of thiazole rings is 1. The first-order valence-electron chi connectivity index (χ1n) is 7.87. The van der Waals surface area contributed by atoms with Crippen LogP contribution in [0.4, 0.5) is 0 Å². The topological polar surface area (TPSA) is 46.1 Å². The maximum absolute atomic E-state index is 12.6. The van der Waals surface area contributed by atoms with Crippen LogP contribution in [0.1, 0.15) is 34.3 Å². The van der Waals surface area contributed by atoms with E-state index in [0.717, 1.165) is 36.5 Å². The van der Waals surface area contributed by atoms with Crippen LogP contribution in [0.5, 0.6) is 0 Å². The van der Waals surface area contributed by atoms with E-state index in [9.17, 15) is 4.79 Å². The molecule has 1 saturated heterocycles. The van der Waals surface area contributed by atoms with Gasteiger partial charge in [-0.15, -0.1) is 11.3 Å². The second-order valence-electron chi connectivity index (χ2n) is 5.83. The van der Waals surface area contributed by atoms with E-state index in [1.165, 1.54) is 4.70 Å². The zero-order valence-corrected chi connectivity index (χ0v) is 13.5. The number of fused-ring (bicyclic) bond motifs is 1. The molecular weight excluding hydrogens is 306 g/mol. The third-order valence-electron chi connectivity index (χ3n) is 4.25. The lowest BCUT2D eigenvalue weighted by Gasteiger charge is -2.31. The van der Waals surface area contributed by atoms with Gasteiger partial charge in [0.1, 0.15) is 5.69 Å². The van der Waals surface area contributed by atoms with E-state index in [0.29, 0.717) is 11.6 Å². The number of rotatable bonds is 2. The van der Waals surface area contributed by atoms with Crippen LogP contribution in [0, 0.1) is 0 Å². The summed E-state index contributed by atoms with van der Waals surface area (Å²) in [6, 6.07) is 13.7. The molecule has 1 aromatic carbocycles. The van der Waals surface area contributed by atoms with Gasteiger partial charge in [-0.05, 0) is 37.1 Å². The molecule has 0 aliphatic carbocycles. The second-order valence-corrected chi connectivity index (χ2v) is 6.89. The van der Waals surface area contributed by atoms with Crippen molar-refractivity contribution in [2.45, 2.75) is 18.8 Å². The smallest absolute Gasteiger partial charge is 0.272 e. The SMILES string of the molecule is O=C(c1ccccn1)N1CCC[C@@H](c2nc3ccccc3s2)C1. The summed E-state index contributed by atoms with van der Waals surface area (Å²) >= 11 is 1.75. The summed E-state index contributed by atoms with van der Waals surface area (Å²) in [5, 5.41) is 1.14. The first-order chi connectivity index (χ1) is 11.3. The normalized spacial score (nSPS) is 18.3. The minimum Gasteiger partial charge on any atom is -0.337 e. The minimum absolute atomic E-state index is 0.0245. The number of nitrogens with zero attached hydrogens (tertiary/aromatic N) is 3. The summed E-state index contributed by atoms with van der Waals surface area (Å²) in [6.07, 6.45) is 3.77. The van der Waals surface area contributed by atoms with Crippen LogP contribution in [0.15, 0.2) is 48.7 Å². The minimum atomic E-state index is 0.0245. The number of likely N-dealkylation sites (tertiary alicyclic amines) is 1. The van der Waals surface area contributed by atoms with Gasteiger partial charge >= 0.3 is 0 Å². The van der Waals surface area contributed by atoms with Gasteiger partial charge in [0.25, 0.3) is 5.91 Å². The third kappa shape index (κ3) is 2.84. The molecule has 0 radical (unpaired) electrons. The molecule has 0 bridgehead atoms. The molecule has 0 unspecified atom stereocenters. The van der Waals surface area contributed by atoms with E-state index in [-0.39, 0.29) is 5.91 Å². The number of benzene rings is 1. The number of para-hydroxylation sites is 1. The fourth-order valence-corrected chi connectivity index (χ4v) is 4.17. The van der Waals surface area contributed by atoms with E-state index in [4.69, 9.17) is 4.98 Å². The quantitative estimate of drug-likeness (QED) is 0.722. The van der Waals surface area contributed by atoms with Crippen molar-refractivity contribution < 1.29 is 4.79 Å². The average molecular weight is 323 g/mol. The lowest BCUT2D eigenvalue weighted by molar-refractivity contribution is 0.0701. The first kappa shape index (κ1) is 14.3. The van der Waals surface area contributed by atoms with Gasteiger partial charge in [0, 0.05) is 25.2 Å². The molecule has 4 rings (SSSR count). The van der Waals surface area contributed by atoms with Crippen LogP contribution in [-0.4, -0.2) is 33.9 Å². The van der Waals surface area contributed by atoms with Crippen molar-refractivity contribution in [1.29, 1.82) is 0 Å². The summed E-state index contributed by atoms with van der Waals surface area (Å²) < 4.78 is 1.22. The van der Waals surface area contributed by atoms with Gasteiger partial charge in [-0.1, -0.05) is 18.2 Å². The number of hydrogen-bond acceptors (Lipinski definition) is 4. The van der Waals surface area contributed by atoms with Crippen molar-refractivity contribution >= 4 is 27.5 Å². The Hall–Kier alpha value is -2.27. The first-order valence-corrected chi connectivity index (χ1v) is 8.69. The highest BCUT2D eigenvalue weighted by atomic mass is 32.1. The molecule has 0 spiro atoms. The van der Waals surface area contributed by atoms with Crippen LogP contribution < -0.4 is 0 Å². The highest BCUT2D eigenvalue weighted by molar-refractivity contribution is 7.18. The van der Waals surface area contributed by atoms with Gasteiger partial charge in [-0.2, -0.15) is 0 Å². The van der Waals surface area contributed by atoms with Gasteiger partial charge in [0.2, 0.25) is 0 Å². The Balaban J connectivity index is 1.56. The molecule has 4 nitrogen and oxygen atoms in total. The van der Waals surface area contributed by atoms with Gasteiger partial charge in [-0.25, -0.2) is 4.98 Å². The molecular formula is C18H17N3OS. The third-order valence-corrected chi connectivity index (χ3v) is 5.45. The average Bonchev–Trinajstić information content (AvgIpc) is 3.06. The molecule has 1 amide bonds. The molecule has 5 heteroatoms. The van der Waals surface area contributed by atoms with Crippen LogP contribution in [-0.2, 0) is 0 Å². The van der Waals surface area contributed by atoms with Crippen molar-refractivity contribution in [3.8, 4) is 0 Å². The molecule has 1 aliphatic heterocycles. The molecule has 1 aliphatic rings. The number of pyridine rings is 1. The molecule has 1 atom stereocenters. The van der Waals surface area contributed by atoms with Crippen molar-refractivity contribution in [3.05, 3.63) is 59.4 Å². The van der Waals surface area contributed by atoms with Crippen molar-refractivity contribution in [3.63, 3.8) is 0 Å². The Morgan fingerprint density at radius 2 is 2.04 bits per heavy atom. The number of carbonyl (C=O) groups is 1. The molecule has 3 aromatic rings. The van der Waals surface area contributed by atoms with E-state index in [1.54, 1.807) is 23.6 Å².